The van der Waals surface area contributed by atoms with Crippen LogP contribution < -0.4 is 5.73 Å². The van der Waals surface area contributed by atoms with Gasteiger partial charge in [-0.25, -0.2) is 0 Å². The quantitative estimate of drug-likeness (QED) is 0.807. The predicted octanol–water partition coefficient (Wildman–Crippen LogP) is 3.43. The lowest BCUT2D eigenvalue weighted by atomic mass is 9.99. The Balaban J connectivity index is 1.86. The molecule has 14 heavy (non-hydrogen) atoms. The molecule has 1 nitrogen and oxygen atoms in total. The monoisotopic (exact) mass is 209 g/mol. The lowest BCUT2D eigenvalue weighted by Gasteiger charge is -2.12. The molecule has 0 aliphatic heterocycles. The van der Waals surface area contributed by atoms with E-state index in [0.29, 0.717) is 5.92 Å². The van der Waals surface area contributed by atoms with E-state index in [1.807, 2.05) is 11.3 Å². The molecule has 1 aromatic heterocycles. The molecule has 2 rings (SSSR count). The summed E-state index contributed by atoms with van der Waals surface area (Å²) in [6.45, 7) is 4.49. The maximum Gasteiger partial charge on any atom is 0.0155 e. The van der Waals surface area contributed by atoms with Crippen molar-refractivity contribution in [3.05, 3.63) is 21.9 Å². The van der Waals surface area contributed by atoms with Crippen molar-refractivity contribution in [1.82, 2.24) is 0 Å². The lowest BCUT2D eigenvalue weighted by molar-refractivity contribution is 0.536. The van der Waals surface area contributed by atoms with Gasteiger partial charge in [0.2, 0.25) is 0 Å². The highest BCUT2D eigenvalue weighted by Gasteiger charge is 2.37. The van der Waals surface area contributed by atoms with Gasteiger partial charge in [-0.15, -0.1) is 11.3 Å². The first kappa shape index (κ1) is 10.2. The molecular formula is C12H19NS. The van der Waals surface area contributed by atoms with Crippen LogP contribution in [0.2, 0.25) is 0 Å². The summed E-state index contributed by atoms with van der Waals surface area (Å²) < 4.78 is 0. The summed E-state index contributed by atoms with van der Waals surface area (Å²) in [6, 6.07) is 4.48. The van der Waals surface area contributed by atoms with Crippen LogP contribution in [0.15, 0.2) is 12.1 Å². The van der Waals surface area contributed by atoms with Gasteiger partial charge >= 0.3 is 0 Å². The highest BCUT2D eigenvalue weighted by Crippen LogP contribution is 2.39. The van der Waals surface area contributed by atoms with E-state index in [2.05, 4.69) is 26.0 Å². The zero-order chi connectivity index (χ0) is 10.2. The van der Waals surface area contributed by atoms with E-state index in [0.717, 1.165) is 0 Å². The zero-order valence-electron chi connectivity index (χ0n) is 9.05. The Morgan fingerprint density at radius 3 is 2.71 bits per heavy atom. The molecule has 0 saturated heterocycles. The Morgan fingerprint density at radius 2 is 2.21 bits per heavy atom. The molecule has 0 radical (unpaired) electrons. The third-order valence-corrected chi connectivity index (χ3v) is 4.45. The second-order valence-corrected chi connectivity index (χ2v) is 6.07. The Kier molecular flexibility index (Phi) is 2.67. The van der Waals surface area contributed by atoms with Crippen molar-refractivity contribution in [3.63, 3.8) is 0 Å². The van der Waals surface area contributed by atoms with Gasteiger partial charge in [0.05, 0.1) is 0 Å². The summed E-state index contributed by atoms with van der Waals surface area (Å²) in [7, 11) is 0. The van der Waals surface area contributed by atoms with Crippen molar-refractivity contribution in [3.8, 4) is 0 Å². The van der Waals surface area contributed by atoms with Gasteiger partial charge in [-0.1, -0.05) is 6.92 Å². The maximum absolute atomic E-state index is 6.08. The summed E-state index contributed by atoms with van der Waals surface area (Å²) in [6.07, 6.45) is 4.92. The van der Waals surface area contributed by atoms with Gasteiger partial charge in [-0.05, 0) is 50.7 Å². The molecule has 1 aromatic rings. The van der Waals surface area contributed by atoms with Crippen LogP contribution in [-0.4, -0.2) is 5.54 Å². The molecule has 0 amide bonds. The van der Waals surface area contributed by atoms with E-state index < -0.39 is 0 Å². The molecule has 2 heteroatoms. The van der Waals surface area contributed by atoms with Gasteiger partial charge in [0.25, 0.3) is 0 Å². The summed E-state index contributed by atoms with van der Waals surface area (Å²) in [4.78, 5) is 2.94. The van der Waals surface area contributed by atoms with Gasteiger partial charge in [-0.2, -0.15) is 0 Å². The Morgan fingerprint density at radius 1 is 1.50 bits per heavy atom. The molecule has 0 spiro atoms. The third-order valence-electron chi connectivity index (χ3n) is 3.21. The van der Waals surface area contributed by atoms with Crippen molar-refractivity contribution < 1.29 is 0 Å². The van der Waals surface area contributed by atoms with E-state index in [-0.39, 0.29) is 5.54 Å². The molecular weight excluding hydrogens is 190 g/mol. The first-order valence-corrected chi connectivity index (χ1v) is 6.26. The van der Waals surface area contributed by atoms with Gasteiger partial charge in [0, 0.05) is 15.3 Å². The van der Waals surface area contributed by atoms with Crippen LogP contribution in [0.3, 0.4) is 0 Å². The number of aryl methyl sites for hydroxylation is 1. The number of hydrogen-bond acceptors (Lipinski definition) is 2. The largest absolute Gasteiger partial charge is 0.325 e. The predicted molar refractivity (Wildman–Crippen MR) is 62.9 cm³/mol. The van der Waals surface area contributed by atoms with Crippen molar-refractivity contribution in [2.45, 2.75) is 51.0 Å². The van der Waals surface area contributed by atoms with Crippen LogP contribution in [0.5, 0.6) is 0 Å². The van der Waals surface area contributed by atoms with Gasteiger partial charge < -0.3 is 5.73 Å². The van der Waals surface area contributed by atoms with Crippen LogP contribution in [-0.2, 0) is 0 Å². The second-order valence-electron chi connectivity index (χ2n) is 4.75. The minimum absolute atomic E-state index is 0.223. The summed E-state index contributed by atoms with van der Waals surface area (Å²) in [5, 5.41) is 0. The number of nitrogens with two attached hydrogens (primary N) is 1. The highest BCUT2D eigenvalue weighted by atomic mass is 32.1. The van der Waals surface area contributed by atoms with Crippen LogP contribution in [0.4, 0.5) is 0 Å². The zero-order valence-corrected chi connectivity index (χ0v) is 9.86. The molecule has 1 aliphatic rings. The third kappa shape index (κ3) is 2.37. The Hall–Kier alpha value is -0.340. The van der Waals surface area contributed by atoms with Crippen molar-refractivity contribution in [1.29, 1.82) is 0 Å². The second kappa shape index (κ2) is 3.67. The normalized spacial score (nSPS) is 20.8. The molecule has 1 saturated carbocycles. The molecule has 1 aliphatic carbocycles. The first-order chi connectivity index (χ1) is 6.59. The summed E-state index contributed by atoms with van der Waals surface area (Å²) >= 11 is 1.93. The van der Waals surface area contributed by atoms with E-state index in [9.17, 15) is 0 Å². The molecule has 1 unspecified atom stereocenters. The lowest BCUT2D eigenvalue weighted by Crippen LogP contribution is -2.21. The minimum Gasteiger partial charge on any atom is -0.325 e. The van der Waals surface area contributed by atoms with E-state index in [1.54, 1.807) is 0 Å². The maximum atomic E-state index is 6.08. The minimum atomic E-state index is 0.223. The molecule has 0 bridgehead atoms. The molecule has 2 N–H and O–H groups in total. The standard InChI is InChI=1S/C12H19NS/c1-9(5-6-12(13)7-8-12)11-4-3-10(2)14-11/h3-4,9H,5-8,13H2,1-2H3. The fourth-order valence-electron chi connectivity index (χ4n) is 1.78. The fraction of sp³-hybridized carbons (Fsp3) is 0.667. The van der Waals surface area contributed by atoms with Crippen LogP contribution in [0, 0.1) is 6.92 Å². The smallest absolute Gasteiger partial charge is 0.0155 e. The van der Waals surface area contributed by atoms with E-state index in [4.69, 9.17) is 5.73 Å². The summed E-state index contributed by atoms with van der Waals surface area (Å²) in [5.74, 6) is 0.690. The van der Waals surface area contributed by atoms with Gasteiger partial charge in [0.15, 0.2) is 0 Å². The first-order valence-electron chi connectivity index (χ1n) is 5.44. The molecule has 1 atom stereocenters. The topological polar surface area (TPSA) is 26.0 Å². The van der Waals surface area contributed by atoms with Crippen molar-refractivity contribution in [2.75, 3.05) is 0 Å². The average Bonchev–Trinajstić information content (AvgIpc) is 2.71. The number of hydrogen-bond donors (Lipinski definition) is 1. The van der Waals surface area contributed by atoms with Crippen molar-refractivity contribution >= 4 is 11.3 Å². The fourth-order valence-corrected chi connectivity index (χ4v) is 2.74. The molecule has 0 aromatic carbocycles. The molecule has 1 heterocycles. The van der Waals surface area contributed by atoms with E-state index in [1.165, 1.54) is 35.4 Å². The summed E-state index contributed by atoms with van der Waals surface area (Å²) in [5.41, 5.74) is 6.30. The molecule has 78 valence electrons. The van der Waals surface area contributed by atoms with Crippen LogP contribution in [0.25, 0.3) is 0 Å². The van der Waals surface area contributed by atoms with Gasteiger partial charge in [-0.3, -0.25) is 0 Å². The molecule has 1 fully saturated rings. The SMILES string of the molecule is Cc1ccc(C(C)CCC2(N)CC2)s1. The van der Waals surface area contributed by atoms with E-state index >= 15 is 0 Å². The average molecular weight is 209 g/mol. The van der Waals surface area contributed by atoms with Crippen LogP contribution >= 0.6 is 11.3 Å². The van der Waals surface area contributed by atoms with Crippen LogP contribution in [0.1, 0.15) is 48.3 Å². The van der Waals surface area contributed by atoms with Gasteiger partial charge in [0.1, 0.15) is 0 Å². The Labute approximate surface area is 90.3 Å². The number of rotatable bonds is 4. The highest BCUT2D eigenvalue weighted by molar-refractivity contribution is 7.12. The van der Waals surface area contributed by atoms with Crippen molar-refractivity contribution in [2.24, 2.45) is 5.73 Å². The Bertz CT molecular complexity index is 312. The number of thiophene rings is 1.